The van der Waals surface area contributed by atoms with Gasteiger partial charge >= 0.3 is 17.9 Å². The molecule has 0 aliphatic rings. The highest BCUT2D eigenvalue weighted by Gasteiger charge is 2.19. The van der Waals surface area contributed by atoms with Gasteiger partial charge in [-0.25, -0.2) is 0 Å². The highest BCUT2D eigenvalue weighted by molar-refractivity contribution is 5.71. The number of esters is 3. The normalized spacial score (nSPS) is 12.3. The molecule has 0 saturated heterocycles. The first-order valence-electron chi connectivity index (χ1n) is 37.1. The smallest absolute Gasteiger partial charge is 0.306 e. The van der Waals surface area contributed by atoms with Crippen LogP contribution in [0.2, 0.25) is 0 Å². The summed E-state index contributed by atoms with van der Waals surface area (Å²) in [5, 5.41) is 0. The molecule has 1 atom stereocenters. The lowest BCUT2D eigenvalue weighted by Gasteiger charge is -2.18. The van der Waals surface area contributed by atoms with E-state index >= 15 is 0 Å². The van der Waals surface area contributed by atoms with Gasteiger partial charge in [0.1, 0.15) is 13.2 Å². The molecule has 0 N–H and O–H groups in total. The first kappa shape index (κ1) is 80.4. The van der Waals surface area contributed by atoms with Crippen molar-refractivity contribution in [2.75, 3.05) is 13.2 Å². The number of hydrogen-bond donors (Lipinski definition) is 0. The summed E-state index contributed by atoms with van der Waals surface area (Å²) >= 11 is 0. The van der Waals surface area contributed by atoms with Crippen molar-refractivity contribution in [3.63, 3.8) is 0 Å². The van der Waals surface area contributed by atoms with E-state index in [1.54, 1.807) is 0 Å². The Labute approximate surface area is 518 Å². The van der Waals surface area contributed by atoms with Gasteiger partial charge in [0.2, 0.25) is 0 Å². The summed E-state index contributed by atoms with van der Waals surface area (Å²) in [5.74, 6) is -0.848. The van der Waals surface area contributed by atoms with Crippen LogP contribution in [0, 0.1) is 0 Å². The SMILES string of the molecule is CCCCC/C=C\C/C=C\CCCCCCCCCC(=O)OC(COC(=O)CCCCCCCCCCCCCCCCC)COC(=O)CCCCCCCCCCCCCCCCCCCCCCC/C=C\C/C=C\CCCCCCC. The molecule has 0 rings (SSSR count). The molecule has 1 unspecified atom stereocenters. The number of unbranched alkanes of at least 4 members (excludes halogenated alkanes) is 50. The number of carbonyl (C=O) groups excluding carboxylic acids is 3. The van der Waals surface area contributed by atoms with Gasteiger partial charge in [0.25, 0.3) is 0 Å². The van der Waals surface area contributed by atoms with E-state index in [0.29, 0.717) is 19.3 Å². The second kappa shape index (κ2) is 71.8. The van der Waals surface area contributed by atoms with Crippen LogP contribution >= 0.6 is 0 Å². The highest BCUT2D eigenvalue weighted by Crippen LogP contribution is 2.19. The van der Waals surface area contributed by atoms with Crippen LogP contribution in [0.25, 0.3) is 0 Å². The van der Waals surface area contributed by atoms with Crippen LogP contribution in [0.4, 0.5) is 0 Å². The Morgan fingerprint density at radius 3 is 0.687 bits per heavy atom. The molecule has 0 amide bonds. The van der Waals surface area contributed by atoms with Crippen LogP contribution in [-0.4, -0.2) is 37.2 Å². The molecule has 0 bridgehead atoms. The average molecular weight is 1160 g/mol. The second-order valence-corrected chi connectivity index (χ2v) is 25.2. The zero-order valence-electron chi connectivity index (χ0n) is 56.0. The first-order chi connectivity index (χ1) is 41.0. The third-order valence-corrected chi connectivity index (χ3v) is 16.8. The Kier molecular flexibility index (Phi) is 69.6. The van der Waals surface area contributed by atoms with Gasteiger partial charge in [-0.2, -0.15) is 0 Å². The molecule has 0 aliphatic carbocycles. The fourth-order valence-electron chi connectivity index (χ4n) is 11.2. The molecule has 0 aromatic rings. The van der Waals surface area contributed by atoms with E-state index in [9.17, 15) is 14.4 Å². The third kappa shape index (κ3) is 70.0. The van der Waals surface area contributed by atoms with Crippen LogP contribution in [-0.2, 0) is 28.6 Å². The average Bonchev–Trinajstić information content (AvgIpc) is 3.49. The first-order valence-corrected chi connectivity index (χ1v) is 37.1. The number of ether oxygens (including phenoxy) is 3. The zero-order chi connectivity index (χ0) is 59.9. The molecule has 6 nitrogen and oxygen atoms in total. The Hall–Kier alpha value is -2.63. The van der Waals surface area contributed by atoms with Crippen molar-refractivity contribution >= 4 is 17.9 Å². The lowest BCUT2D eigenvalue weighted by atomic mass is 10.0. The Morgan fingerprint density at radius 2 is 0.434 bits per heavy atom. The van der Waals surface area contributed by atoms with E-state index in [4.69, 9.17) is 14.2 Å². The molecule has 486 valence electrons. The Bertz CT molecular complexity index is 1430. The van der Waals surface area contributed by atoms with Crippen LogP contribution in [0.3, 0.4) is 0 Å². The minimum atomic E-state index is -0.775. The van der Waals surface area contributed by atoms with Crippen molar-refractivity contribution in [1.82, 2.24) is 0 Å². The third-order valence-electron chi connectivity index (χ3n) is 16.8. The van der Waals surface area contributed by atoms with E-state index in [0.717, 1.165) is 77.0 Å². The molecular weight excluding hydrogens is 1020 g/mol. The number of rotatable bonds is 69. The second-order valence-electron chi connectivity index (χ2n) is 25.2. The number of hydrogen-bond acceptors (Lipinski definition) is 6. The van der Waals surface area contributed by atoms with Crippen LogP contribution in [0.15, 0.2) is 48.6 Å². The molecule has 6 heteroatoms. The quantitative estimate of drug-likeness (QED) is 0.0261. The van der Waals surface area contributed by atoms with Crippen LogP contribution in [0.1, 0.15) is 406 Å². The van der Waals surface area contributed by atoms with Crippen LogP contribution in [0.5, 0.6) is 0 Å². The minimum Gasteiger partial charge on any atom is -0.462 e. The largest absolute Gasteiger partial charge is 0.462 e. The van der Waals surface area contributed by atoms with Gasteiger partial charge < -0.3 is 14.2 Å². The lowest BCUT2D eigenvalue weighted by Crippen LogP contribution is -2.30. The highest BCUT2D eigenvalue weighted by atomic mass is 16.6. The topological polar surface area (TPSA) is 78.9 Å². The minimum absolute atomic E-state index is 0.0703. The van der Waals surface area contributed by atoms with Crippen LogP contribution < -0.4 is 0 Å². The molecule has 0 saturated carbocycles. The predicted octanol–water partition coefficient (Wildman–Crippen LogP) is 25.7. The van der Waals surface area contributed by atoms with Crippen molar-refractivity contribution in [3.05, 3.63) is 48.6 Å². The number of carbonyl (C=O) groups is 3. The van der Waals surface area contributed by atoms with Gasteiger partial charge in [0.05, 0.1) is 0 Å². The van der Waals surface area contributed by atoms with Crippen molar-refractivity contribution in [1.29, 1.82) is 0 Å². The molecule has 0 fully saturated rings. The molecule has 0 aromatic carbocycles. The van der Waals surface area contributed by atoms with Crippen molar-refractivity contribution in [2.24, 2.45) is 0 Å². The van der Waals surface area contributed by atoms with E-state index in [1.165, 1.54) is 289 Å². The lowest BCUT2D eigenvalue weighted by molar-refractivity contribution is -0.167. The summed E-state index contributed by atoms with van der Waals surface area (Å²) in [6.45, 7) is 6.67. The fraction of sp³-hybridized carbons (Fsp3) is 0.857. The van der Waals surface area contributed by atoms with Gasteiger partial charge in [0.15, 0.2) is 6.10 Å². The van der Waals surface area contributed by atoms with Gasteiger partial charge in [-0.05, 0) is 83.5 Å². The van der Waals surface area contributed by atoms with Gasteiger partial charge in [-0.3, -0.25) is 14.4 Å². The van der Waals surface area contributed by atoms with E-state index in [1.807, 2.05) is 0 Å². The Morgan fingerprint density at radius 1 is 0.241 bits per heavy atom. The van der Waals surface area contributed by atoms with E-state index in [-0.39, 0.29) is 31.1 Å². The molecule has 0 spiro atoms. The van der Waals surface area contributed by atoms with Crippen molar-refractivity contribution < 1.29 is 28.6 Å². The summed E-state index contributed by atoms with van der Waals surface area (Å²) in [5.41, 5.74) is 0. The summed E-state index contributed by atoms with van der Waals surface area (Å²) < 4.78 is 17.0. The molecule has 0 heterocycles. The molecule has 0 radical (unpaired) electrons. The van der Waals surface area contributed by atoms with E-state index in [2.05, 4.69) is 69.4 Å². The van der Waals surface area contributed by atoms with Gasteiger partial charge in [-0.15, -0.1) is 0 Å². The molecule has 0 aliphatic heterocycles. The molecular formula is C77H142O6. The number of allylic oxidation sites excluding steroid dienone is 8. The predicted molar refractivity (Wildman–Crippen MR) is 362 cm³/mol. The molecule has 0 aromatic heterocycles. The molecule has 83 heavy (non-hydrogen) atoms. The maximum absolute atomic E-state index is 12.9. The van der Waals surface area contributed by atoms with Gasteiger partial charge in [0, 0.05) is 19.3 Å². The monoisotopic (exact) mass is 1160 g/mol. The summed E-state index contributed by atoms with van der Waals surface area (Å²) in [4.78, 5) is 38.4. The van der Waals surface area contributed by atoms with Gasteiger partial charge in [-0.1, -0.05) is 352 Å². The summed E-state index contributed by atoms with van der Waals surface area (Å²) in [6, 6.07) is 0. The standard InChI is InChI=1S/C77H142O6/c1-4-7-10-13-16-19-22-25-28-30-31-32-33-34-35-36-37-38-39-40-41-42-43-44-45-47-49-52-55-58-61-64-67-70-76(79)82-73-74(72-81-75(78)69-66-63-60-57-54-51-48-27-24-21-18-15-12-9-6-3)83-77(80)71-68-65-62-59-56-53-50-46-29-26-23-20-17-14-11-8-5-2/h17,20,22,25-26,29-31,74H,4-16,18-19,21,23-24,27-28,32-73H2,1-3H3/b20-17-,25-22-,29-26-,31-30-. The maximum Gasteiger partial charge on any atom is 0.306 e. The van der Waals surface area contributed by atoms with Crippen molar-refractivity contribution in [3.8, 4) is 0 Å². The summed E-state index contributed by atoms with van der Waals surface area (Å²) in [7, 11) is 0. The summed E-state index contributed by atoms with van der Waals surface area (Å²) in [6.07, 6.45) is 91.6. The maximum atomic E-state index is 12.9. The van der Waals surface area contributed by atoms with Crippen molar-refractivity contribution in [2.45, 2.75) is 412 Å². The zero-order valence-corrected chi connectivity index (χ0v) is 56.0. The fourth-order valence-corrected chi connectivity index (χ4v) is 11.2. The van der Waals surface area contributed by atoms with E-state index < -0.39 is 6.10 Å². The Balaban J connectivity index is 4.14.